The summed E-state index contributed by atoms with van der Waals surface area (Å²) in [4.78, 5) is 13.9. The second-order valence-corrected chi connectivity index (χ2v) is 7.31. The van der Waals surface area contributed by atoms with Gasteiger partial charge < -0.3 is 19.1 Å². The standard InChI is InChI=1S/C24H23N5O2/c1-30-21-12-6-5-11-20(21)28-14-16-29(17-15-28)23-19(10-7-13-25-23)24-26-22(27-31-24)18-8-3-2-4-9-18/h2-13H,14-17H2,1H3. The van der Waals surface area contributed by atoms with Gasteiger partial charge in [-0.3, -0.25) is 0 Å². The summed E-state index contributed by atoms with van der Waals surface area (Å²) in [5.74, 6) is 2.82. The molecule has 156 valence electrons. The van der Waals surface area contributed by atoms with Gasteiger partial charge in [0, 0.05) is 37.9 Å². The molecule has 1 aliphatic heterocycles. The van der Waals surface area contributed by atoms with Gasteiger partial charge in [0.1, 0.15) is 11.6 Å². The van der Waals surface area contributed by atoms with Crippen LogP contribution in [0.5, 0.6) is 5.75 Å². The first-order valence-electron chi connectivity index (χ1n) is 10.3. The van der Waals surface area contributed by atoms with Gasteiger partial charge in [0.05, 0.1) is 18.4 Å². The highest BCUT2D eigenvalue weighted by Crippen LogP contribution is 2.32. The Morgan fingerprint density at radius 2 is 1.58 bits per heavy atom. The van der Waals surface area contributed by atoms with Crippen LogP contribution >= 0.6 is 0 Å². The number of anilines is 2. The predicted molar refractivity (Wildman–Crippen MR) is 120 cm³/mol. The lowest BCUT2D eigenvalue weighted by molar-refractivity contribution is 0.413. The van der Waals surface area contributed by atoms with Crippen LogP contribution in [0.2, 0.25) is 0 Å². The molecule has 1 aliphatic rings. The van der Waals surface area contributed by atoms with Gasteiger partial charge in [-0.2, -0.15) is 4.98 Å². The lowest BCUT2D eigenvalue weighted by Crippen LogP contribution is -2.47. The summed E-state index contributed by atoms with van der Waals surface area (Å²) < 4.78 is 11.1. The van der Waals surface area contributed by atoms with Crippen molar-refractivity contribution in [3.8, 4) is 28.6 Å². The average molecular weight is 413 g/mol. The minimum absolute atomic E-state index is 0.481. The fraction of sp³-hybridized carbons (Fsp3) is 0.208. The molecular weight excluding hydrogens is 390 g/mol. The molecule has 0 N–H and O–H groups in total. The van der Waals surface area contributed by atoms with Gasteiger partial charge in [-0.05, 0) is 24.3 Å². The average Bonchev–Trinajstić information content (AvgIpc) is 3.35. The number of nitrogens with zero attached hydrogens (tertiary/aromatic N) is 5. The maximum absolute atomic E-state index is 5.60. The number of piperazine rings is 1. The molecule has 31 heavy (non-hydrogen) atoms. The molecule has 0 bridgehead atoms. The van der Waals surface area contributed by atoms with Gasteiger partial charge in [-0.25, -0.2) is 4.98 Å². The highest BCUT2D eigenvalue weighted by atomic mass is 16.5. The number of rotatable bonds is 5. The first-order chi connectivity index (χ1) is 15.3. The number of pyridine rings is 1. The third kappa shape index (κ3) is 3.82. The van der Waals surface area contributed by atoms with E-state index in [1.807, 2.05) is 60.7 Å². The van der Waals surface area contributed by atoms with Gasteiger partial charge in [-0.15, -0.1) is 0 Å². The molecule has 0 amide bonds. The van der Waals surface area contributed by atoms with Crippen LogP contribution in [0.25, 0.3) is 22.8 Å². The van der Waals surface area contributed by atoms with E-state index in [-0.39, 0.29) is 0 Å². The van der Waals surface area contributed by atoms with Crippen LogP contribution in [-0.2, 0) is 0 Å². The lowest BCUT2D eigenvalue weighted by Gasteiger charge is -2.37. The Labute approximate surface area is 180 Å². The molecule has 0 aliphatic carbocycles. The van der Waals surface area contributed by atoms with E-state index in [0.717, 1.165) is 54.6 Å². The van der Waals surface area contributed by atoms with E-state index < -0.39 is 0 Å². The summed E-state index contributed by atoms with van der Waals surface area (Å²) >= 11 is 0. The third-order valence-corrected chi connectivity index (χ3v) is 5.48. The van der Waals surface area contributed by atoms with E-state index in [9.17, 15) is 0 Å². The number of para-hydroxylation sites is 2. The van der Waals surface area contributed by atoms with Crippen LogP contribution in [0, 0.1) is 0 Å². The molecule has 7 nitrogen and oxygen atoms in total. The monoisotopic (exact) mass is 413 g/mol. The molecule has 3 heterocycles. The molecule has 1 saturated heterocycles. The molecule has 2 aromatic heterocycles. The molecule has 0 saturated carbocycles. The summed E-state index contributed by atoms with van der Waals surface area (Å²) in [6.45, 7) is 3.41. The molecule has 0 spiro atoms. The zero-order valence-corrected chi connectivity index (χ0v) is 17.3. The third-order valence-electron chi connectivity index (χ3n) is 5.48. The van der Waals surface area contributed by atoms with Crippen LogP contribution in [0.3, 0.4) is 0 Å². The molecule has 1 fully saturated rings. The molecule has 0 radical (unpaired) electrons. The highest BCUT2D eigenvalue weighted by molar-refractivity contribution is 5.71. The second kappa shape index (κ2) is 8.47. The Balaban J connectivity index is 1.37. The highest BCUT2D eigenvalue weighted by Gasteiger charge is 2.24. The van der Waals surface area contributed by atoms with E-state index >= 15 is 0 Å². The molecule has 0 unspecified atom stereocenters. The van der Waals surface area contributed by atoms with Crippen molar-refractivity contribution in [1.29, 1.82) is 0 Å². The second-order valence-electron chi connectivity index (χ2n) is 7.31. The molecule has 2 aromatic carbocycles. The summed E-state index contributed by atoms with van der Waals surface area (Å²) in [5.41, 5.74) is 2.89. The zero-order chi connectivity index (χ0) is 21.0. The molecular formula is C24H23N5O2. The maximum Gasteiger partial charge on any atom is 0.261 e. The van der Waals surface area contributed by atoms with Crippen molar-refractivity contribution < 1.29 is 9.26 Å². The Kier molecular flexibility index (Phi) is 5.22. The topological polar surface area (TPSA) is 67.5 Å². The van der Waals surface area contributed by atoms with Gasteiger partial charge in [0.15, 0.2) is 0 Å². The van der Waals surface area contributed by atoms with Crippen LogP contribution in [-0.4, -0.2) is 48.4 Å². The lowest BCUT2D eigenvalue weighted by atomic mass is 10.2. The Hall–Kier alpha value is -3.87. The van der Waals surface area contributed by atoms with Gasteiger partial charge in [0.25, 0.3) is 5.89 Å². The minimum atomic E-state index is 0.481. The molecule has 4 aromatic rings. The van der Waals surface area contributed by atoms with Crippen LogP contribution < -0.4 is 14.5 Å². The summed E-state index contributed by atoms with van der Waals surface area (Å²) in [6, 6.07) is 21.8. The molecule has 0 atom stereocenters. The van der Waals surface area contributed by atoms with Crippen molar-refractivity contribution in [1.82, 2.24) is 15.1 Å². The van der Waals surface area contributed by atoms with Gasteiger partial charge >= 0.3 is 0 Å². The first-order valence-corrected chi connectivity index (χ1v) is 10.3. The fourth-order valence-electron chi connectivity index (χ4n) is 3.90. The number of hydrogen-bond donors (Lipinski definition) is 0. The van der Waals surface area contributed by atoms with Crippen molar-refractivity contribution in [2.45, 2.75) is 0 Å². The van der Waals surface area contributed by atoms with Crippen molar-refractivity contribution in [2.24, 2.45) is 0 Å². The Bertz CT molecular complexity index is 1150. The van der Waals surface area contributed by atoms with E-state index in [1.165, 1.54) is 0 Å². The number of benzene rings is 2. The summed E-state index contributed by atoms with van der Waals surface area (Å²) in [5, 5.41) is 4.17. The first kappa shape index (κ1) is 19.1. The van der Waals surface area contributed by atoms with Crippen molar-refractivity contribution in [3.63, 3.8) is 0 Å². The molecule has 5 rings (SSSR count). The van der Waals surface area contributed by atoms with Crippen LogP contribution in [0.15, 0.2) is 77.4 Å². The van der Waals surface area contributed by atoms with Crippen LogP contribution in [0.4, 0.5) is 11.5 Å². The Morgan fingerprint density at radius 3 is 2.39 bits per heavy atom. The summed E-state index contributed by atoms with van der Waals surface area (Å²) in [7, 11) is 1.71. The van der Waals surface area contributed by atoms with Crippen LogP contribution in [0.1, 0.15) is 0 Å². The fourth-order valence-corrected chi connectivity index (χ4v) is 3.90. The SMILES string of the molecule is COc1ccccc1N1CCN(c2ncccc2-c2nc(-c3ccccc3)no2)CC1. The van der Waals surface area contributed by atoms with Crippen molar-refractivity contribution in [2.75, 3.05) is 43.1 Å². The zero-order valence-electron chi connectivity index (χ0n) is 17.3. The number of aromatic nitrogens is 3. The largest absolute Gasteiger partial charge is 0.495 e. The smallest absolute Gasteiger partial charge is 0.261 e. The predicted octanol–water partition coefficient (Wildman–Crippen LogP) is 4.13. The molecule has 7 heteroatoms. The van der Waals surface area contributed by atoms with Gasteiger partial charge in [0.2, 0.25) is 5.82 Å². The van der Waals surface area contributed by atoms with E-state index in [4.69, 9.17) is 9.26 Å². The van der Waals surface area contributed by atoms with E-state index in [2.05, 4.69) is 31.0 Å². The quantitative estimate of drug-likeness (QED) is 0.487. The van der Waals surface area contributed by atoms with Gasteiger partial charge in [-0.1, -0.05) is 47.6 Å². The van der Waals surface area contributed by atoms with E-state index in [1.54, 1.807) is 13.3 Å². The maximum atomic E-state index is 5.60. The number of methoxy groups -OCH3 is 1. The Morgan fingerprint density at radius 1 is 0.839 bits per heavy atom. The van der Waals surface area contributed by atoms with Crippen molar-refractivity contribution >= 4 is 11.5 Å². The summed E-state index contributed by atoms with van der Waals surface area (Å²) in [6.07, 6.45) is 1.81. The van der Waals surface area contributed by atoms with E-state index in [0.29, 0.717) is 11.7 Å². The normalized spacial score (nSPS) is 14.0. The van der Waals surface area contributed by atoms with Crippen molar-refractivity contribution in [3.05, 3.63) is 72.9 Å². The number of ether oxygens (including phenoxy) is 1. The number of hydrogen-bond acceptors (Lipinski definition) is 7. The minimum Gasteiger partial charge on any atom is -0.495 e.